The van der Waals surface area contributed by atoms with Gasteiger partial charge in [0.15, 0.2) is 5.54 Å². The van der Waals surface area contributed by atoms with Gasteiger partial charge in [0.25, 0.3) is 6.48 Å². The Balaban J connectivity index is 1.98. The lowest BCUT2D eigenvalue weighted by Crippen LogP contribution is -2.64. The van der Waals surface area contributed by atoms with Crippen LogP contribution in [-0.4, -0.2) is 62.9 Å². The third-order valence-electron chi connectivity index (χ3n) is 4.94. The highest BCUT2D eigenvalue weighted by molar-refractivity contribution is 5.92. The number of rotatable bonds is 5. The second-order valence-corrected chi connectivity index (χ2v) is 6.10. The molecule has 1 N–H and O–H groups in total. The summed E-state index contributed by atoms with van der Waals surface area (Å²) in [5, 5.41) is 2.66. The topological polar surface area (TPSA) is 109 Å². The predicted molar refractivity (Wildman–Crippen MR) is 76.2 cm³/mol. The molecule has 0 bridgehead atoms. The van der Waals surface area contributed by atoms with E-state index in [-0.39, 0.29) is 5.92 Å². The first kappa shape index (κ1) is 17.1. The highest BCUT2D eigenvalue weighted by Crippen LogP contribution is 2.66. The lowest BCUT2D eigenvalue weighted by atomic mass is 9.86. The molecule has 24 heavy (non-hydrogen) atoms. The van der Waals surface area contributed by atoms with Crippen molar-refractivity contribution in [2.24, 2.45) is 17.8 Å². The van der Waals surface area contributed by atoms with E-state index in [0.29, 0.717) is 6.61 Å². The Morgan fingerprint density at radius 2 is 1.88 bits per heavy atom. The summed E-state index contributed by atoms with van der Waals surface area (Å²) in [6.45, 7) is 2.46. The molecule has 1 heterocycles. The summed E-state index contributed by atoms with van der Waals surface area (Å²) in [7, 11) is 2.50. The van der Waals surface area contributed by atoms with Crippen LogP contribution in [0.4, 0.5) is 0 Å². The van der Waals surface area contributed by atoms with Crippen LogP contribution in [0.15, 0.2) is 0 Å². The quantitative estimate of drug-likeness (QED) is 0.645. The molecular formula is C15H21NO8. The molecule has 0 aromatic rings. The maximum Gasteiger partial charge on any atom is 0.334 e. The smallest absolute Gasteiger partial charge is 0.334 e. The highest BCUT2D eigenvalue weighted by atomic mass is 16.9. The van der Waals surface area contributed by atoms with Crippen molar-refractivity contribution in [1.82, 2.24) is 5.32 Å². The molecular weight excluding hydrogens is 322 g/mol. The van der Waals surface area contributed by atoms with E-state index in [9.17, 15) is 14.4 Å². The second kappa shape index (κ2) is 5.98. The Kier molecular flexibility index (Phi) is 4.27. The zero-order valence-electron chi connectivity index (χ0n) is 13.9. The number of hydrogen-bond acceptors (Lipinski definition) is 8. The number of ether oxygens (including phenoxy) is 5. The molecule has 2 saturated carbocycles. The van der Waals surface area contributed by atoms with Gasteiger partial charge >= 0.3 is 11.9 Å². The normalized spacial score (nSPS) is 42.0. The summed E-state index contributed by atoms with van der Waals surface area (Å²) in [5.74, 6) is -2.93. The Hall–Kier alpha value is -1.71. The van der Waals surface area contributed by atoms with E-state index < -0.39 is 53.9 Å². The van der Waals surface area contributed by atoms with Crippen molar-refractivity contribution < 1.29 is 38.1 Å². The monoisotopic (exact) mass is 343 g/mol. The third-order valence-corrected chi connectivity index (χ3v) is 4.94. The molecule has 1 amide bonds. The summed E-state index contributed by atoms with van der Waals surface area (Å²) in [6.07, 6.45) is -1.36. The molecule has 0 radical (unpaired) electrons. The van der Waals surface area contributed by atoms with Gasteiger partial charge in [-0.3, -0.25) is 9.59 Å². The fourth-order valence-electron chi connectivity index (χ4n) is 4.18. The minimum Gasteiger partial charge on any atom is -0.469 e. The van der Waals surface area contributed by atoms with E-state index in [2.05, 4.69) is 5.32 Å². The number of amides is 1. The van der Waals surface area contributed by atoms with E-state index in [1.165, 1.54) is 21.1 Å². The predicted octanol–water partition coefficient (Wildman–Crippen LogP) is -0.813. The van der Waals surface area contributed by atoms with Crippen LogP contribution >= 0.6 is 0 Å². The average molecular weight is 343 g/mol. The number of carbonyl (C=O) groups excluding carboxylic acids is 3. The maximum atomic E-state index is 12.6. The van der Waals surface area contributed by atoms with Crippen molar-refractivity contribution >= 4 is 17.8 Å². The molecule has 0 aromatic carbocycles. The standard InChI is InChI=1S/C15H21NO8/c1-5-22-14-23-10-7-8(12(18)20-3)9(7)15(11(10)24-14,13(19)21-4)16-6(2)17/h7-11,14H,5H2,1-4H3,(H,16,17)/t7-,8-,9-,10+,11+,14?,15+/m0/s1. The zero-order valence-corrected chi connectivity index (χ0v) is 13.9. The first-order valence-corrected chi connectivity index (χ1v) is 7.79. The fourth-order valence-corrected chi connectivity index (χ4v) is 4.18. The van der Waals surface area contributed by atoms with Gasteiger partial charge in [0.05, 0.1) is 26.2 Å². The number of fused-ring (bicyclic) bond motifs is 3. The van der Waals surface area contributed by atoms with Crippen LogP contribution in [0.5, 0.6) is 0 Å². The highest BCUT2D eigenvalue weighted by Gasteiger charge is 2.83. The first-order valence-electron chi connectivity index (χ1n) is 7.79. The van der Waals surface area contributed by atoms with Gasteiger partial charge in [-0.2, -0.15) is 0 Å². The molecule has 1 unspecified atom stereocenters. The number of carbonyl (C=O) groups is 3. The van der Waals surface area contributed by atoms with Gasteiger partial charge in [-0.15, -0.1) is 0 Å². The summed E-state index contributed by atoms with van der Waals surface area (Å²) in [6, 6.07) is 0. The van der Waals surface area contributed by atoms with Gasteiger partial charge in [-0.05, 0) is 6.92 Å². The average Bonchev–Trinajstić information content (AvgIpc) is 3.06. The SMILES string of the molecule is CCOC1O[C@@H]2[C@H]3[C@H](C(=O)OC)[C@H]3[C@](NC(C)=O)(C(=O)OC)[C@@H]2O1. The van der Waals surface area contributed by atoms with Gasteiger partial charge in [0.2, 0.25) is 5.91 Å². The summed E-state index contributed by atoms with van der Waals surface area (Å²) in [4.78, 5) is 36.4. The Morgan fingerprint density at radius 3 is 2.42 bits per heavy atom. The molecule has 7 atom stereocenters. The van der Waals surface area contributed by atoms with Crippen molar-refractivity contribution in [2.45, 2.75) is 38.1 Å². The van der Waals surface area contributed by atoms with Gasteiger partial charge in [-0.1, -0.05) is 0 Å². The molecule has 3 aliphatic rings. The van der Waals surface area contributed by atoms with E-state index in [1.54, 1.807) is 6.92 Å². The van der Waals surface area contributed by atoms with E-state index in [0.717, 1.165) is 0 Å². The molecule has 1 saturated heterocycles. The molecule has 9 heteroatoms. The van der Waals surface area contributed by atoms with Crippen molar-refractivity contribution in [2.75, 3.05) is 20.8 Å². The van der Waals surface area contributed by atoms with Crippen LogP contribution in [0.3, 0.4) is 0 Å². The second-order valence-electron chi connectivity index (χ2n) is 6.10. The van der Waals surface area contributed by atoms with Crippen LogP contribution in [-0.2, 0) is 38.1 Å². The van der Waals surface area contributed by atoms with Crippen molar-refractivity contribution in [3.8, 4) is 0 Å². The summed E-state index contributed by atoms with van der Waals surface area (Å²) < 4.78 is 26.5. The van der Waals surface area contributed by atoms with Crippen LogP contribution < -0.4 is 5.32 Å². The lowest BCUT2D eigenvalue weighted by molar-refractivity contribution is -0.248. The van der Waals surface area contributed by atoms with Crippen molar-refractivity contribution in [3.05, 3.63) is 0 Å². The minimum absolute atomic E-state index is 0.307. The molecule has 0 spiro atoms. The minimum atomic E-state index is -1.50. The van der Waals surface area contributed by atoms with Gasteiger partial charge in [-0.25, -0.2) is 4.79 Å². The van der Waals surface area contributed by atoms with Gasteiger partial charge < -0.3 is 29.0 Å². The fraction of sp³-hybridized carbons (Fsp3) is 0.800. The number of nitrogens with one attached hydrogen (secondary N) is 1. The van der Waals surface area contributed by atoms with Crippen LogP contribution in [0.25, 0.3) is 0 Å². The van der Waals surface area contributed by atoms with E-state index >= 15 is 0 Å². The molecule has 1 aliphatic heterocycles. The summed E-state index contributed by atoms with van der Waals surface area (Å²) >= 11 is 0. The molecule has 134 valence electrons. The Morgan fingerprint density at radius 1 is 1.17 bits per heavy atom. The zero-order chi connectivity index (χ0) is 17.6. The first-order chi connectivity index (χ1) is 11.4. The number of hydrogen-bond donors (Lipinski definition) is 1. The largest absolute Gasteiger partial charge is 0.469 e. The van der Waals surface area contributed by atoms with Crippen molar-refractivity contribution in [1.29, 1.82) is 0 Å². The number of esters is 2. The van der Waals surface area contributed by atoms with Crippen molar-refractivity contribution in [3.63, 3.8) is 0 Å². The molecule has 3 rings (SSSR count). The molecule has 3 fully saturated rings. The van der Waals surface area contributed by atoms with Crippen LogP contribution in [0.1, 0.15) is 13.8 Å². The molecule has 9 nitrogen and oxygen atoms in total. The number of methoxy groups -OCH3 is 2. The van der Waals surface area contributed by atoms with Crippen LogP contribution in [0.2, 0.25) is 0 Å². The van der Waals surface area contributed by atoms with Gasteiger partial charge in [0.1, 0.15) is 6.10 Å². The van der Waals surface area contributed by atoms with Crippen LogP contribution in [0, 0.1) is 17.8 Å². The van der Waals surface area contributed by atoms with E-state index in [4.69, 9.17) is 23.7 Å². The van der Waals surface area contributed by atoms with E-state index in [1.807, 2.05) is 0 Å². The third kappa shape index (κ3) is 2.22. The lowest BCUT2D eigenvalue weighted by Gasteiger charge is -2.34. The maximum absolute atomic E-state index is 12.6. The summed E-state index contributed by atoms with van der Waals surface area (Å²) in [5.41, 5.74) is -1.50. The molecule has 0 aromatic heterocycles. The Bertz CT molecular complexity index is 566. The Labute approximate surface area is 138 Å². The van der Waals surface area contributed by atoms with Gasteiger partial charge in [0, 0.05) is 25.4 Å². The molecule has 2 aliphatic carbocycles.